The van der Waals surface area contributed by atoms with Gasteiger partial charge in [-0.15, -0.1) is 0 Å². The van der Waals surface area contributed by atoms with Crippen molar-refractivity contribution in [2.45, 2.75) is 83.5 Å². The summed E-state index contributed by atoms with van der Waals surface area (Å²) in [6.45, 7) is 5.47. The normalized spacial score (nSPS) is 25.9. The number of hydrogen-bond donors (Lipinski definition) is 2. The molecule has 1 saturated carbocycles. The zero-order chi connectivity index (χ0) is 26.2. The molecular formula is C31H38FN5O. The number of benzene rings is 1. The number of fused-ring (bicyclic) bond motifs is 2. The SMILES string of the molecule is CC1=CCCc2ccccc2N=C1c1cc2n(n1)C(NC1CCC(O)CC1)=CC(N1CC[C@@H](F)C1)=C(C)C2. The minimum Gasteiger partial charge on any atom is -0.393 e. The van der Waals surface area contributed by atoms with Crippen LogP contribution in [0, 0.1) is 0 Å². The molecule has 0 bridgehead atoms. The molecule has 0 unspecified atom stereocenters. The van der Waals surface area contributed by atoms with Crippen molar-refractivity contribution in [3.05, 3.63) is 76.3 Å². The van der Waals surface area contributed by atoms with Crippen molar-refractivity contribution in [2.24, 2.45) is 4.99 Å². The molecule has 1 aliphatic carbocycles. The average Bonchev–Trinajstić information content (AvgIpc) is 3.49. The molecule has 3 aliphatic heterocycles. The van der Waals surface area contributed by atoms with Gasteiger partial charge in [0.05, 0.1) is 23.2 Å². The van der Waals surface area contributed by atoms with Crippen LogP contribution in [0.3, 0.4) is 0 Å². The summed E-state index contributed by atoms with van der Waals surface area (Å²) in [7, 11) is 0. The lowest BCUT2D eigenvalue weighted by Gasteiger charge is -2.28. The molecule has 1 saturated heterocycles. The third kappa shape index (κ3) is 5.08. The van der Waals surface area contributed by atoms with E-state index in [1.54, 1.807) is 0 Å². The lowest BCUT2D eigenvalue weighted by molar-refractivity contribution is 0.119. The molecule has 2 N–H and O–H groups in total. The molecule has 2 aromatic rings. The maximum absolute atomic E-state index is 14.2. The van der Waals surface area contributed by atoms with Gasteiger partial charge in [-0.2, -0.15) is 5.10 Å². The monoisotopic (exact) mass is 515 g/mol. The standard InChI is InChI=1S/C31H38FN5O/c1-20-6-5-8-22-7-3-4-9-27(22)34-31(20)28-17-25-16-21(2)29(36-15-14-23(32)19-36)18-30(37(25)35-28)33-24-10-12-26(38)13-11-24/h3-4,6-7,9,17-18,23-24,26,33,38H,5,8,10-16,19H2,1-2H3/t23-,24?,26?/m1/s1. The summed E-state index contributed by atoms with van der Waals surface area (Å²) in [6.07, 6.45) is 10.2. The Morgan fingerprint density at radius 3 is 2.68 bits per heavy atom. The summed E-state index contributed by atoms with van der Waals surface area (Å²) in [5, 5.41) is 19.0. The first-order valence-electron chi connectivity index (χ1n) is 14.1. The van der Waals surface area contributed by atoms with Gasteiger partial charge in [0.2, 0.25) is 0 Å². The van der Waals surface area contributed by atoms with Crippen LogP contribution in [-0.2, 0) is 12.8 Å². The largest absolute Gasteiger partial charge is 0.393 e. The van der Waals surface area contributed by atoms with Crippen LogP contribution in [0.5, 0.6) is 0 Å². The molecule has 4 heterocycles. The van der Waals surface area contributed by atoms with E-state index in [2.05, 4.69) is 60.5 Å². The van der Waals surface area contributed by atoms with Crippen LogP contribution in [0.4, 0.5) is 10.1 Å². The summed E-state index contributed by atoms with van der Waals surface area (Å²) in [5.74, 6) is 0.926. The molecule has 1 atom stereocenters. The molecule has 0 amide bonds. The van der Waals surface area contributed by atoms with E-state index in [0.29, 0.717) is 13.0 Å². The van der Waals surface area contributed by atoms with Crippen molar-refractivity contribution in [3.8, 4) is 0 Å². The number of aromatic nitrogens is 2. The van der Waals surface area contributed by atoms with Crippen molar-refractivity contribution in [3.63, 3.8) is 0 Å². The second-order valence-electron chi connectivity index (χ2n) is 11.3. The van der Waals surface area contributed by atoms with Gasteiger partial charge >= 0.3 is 0 Å². The van der Waals surface area contributed by atoms with Crippen LogP contribution in [0.1, 0.15) is 69.3 Å². The van der Waals surface area contributed by atoms with E-state index >= 15 is 0 Å². The summed E-state index contributed by atoms with van der Waals surface area (Å²) in [6, 6.07) is 10.8. The van der Waals surface area contributed by atoms with Gasteiger partial charge in [0.25, 0.3) is 0 Å². The quantitative estimate of drug-likeness (QED) is 0.567. The molecule has 0 radical (unpaired) electrons. The average molecular weight is 516 g/mol. The molecule has 38 heavy (non-hydrogen) atoms. The Bertz CT molecular complexity index is 1330. The topological polar surface area (TPSA) is 65.7 Å². The van der Waals surface area contributed by atoms with Crippen molar-refractivity contribution in [1.82, 2.24) is 20.0 Å². The molecule has 200 valence electrons. The first kappa shape index (κ1) is 25.1. The van der Waals surface area contributed by atoms with Crippen LogP contribution in [0.15, 0.2) is 64.3 Å². The molecule has 2 fully saturated rings. The maximum Gasteiger partial charge on any atom is 0.130 e. The summed E-state index contributed by atoms with van der Waals surface area (Å²) in [5.41, 5.74) is 8.63. The summed E-state index contributed by atoms with van der Waals surface area (Å²) >= 11 is 0. The first-order chi connectivity index (χ1) is 18.4. The Balaban J connectivity index is 1.40. The van der Waals surface area contributed by atoms with Crippen LogP contribution in [0.2, 0.25) is 0 Å². The fourth-order valence-electron chi connectivity index (χ4n) is 6.22. The molecule has 0 spiro atoms. The van der Waals surface area contributed by atoms with Gasteiger partial charge in [-0.25, -0.2) is 14.1 Å². The van der Waals surface area contributed by atoms with E-state index in [-0.39, 0.29) is 12.1 Å². The Kier molecular flexibility index (Phi) is 6.95. The van der Waals surface area contributed by atoms with Crippen LogP contribution < -0.4 is 5.32 Å². The van der Waals surface area contributed by atoms with E-state index in [4.69, 9.17) is 10.1 Å². The highest BCUT2D eigenvalue weighted by Gasteiger charge is 2.29. The number of aliphatic imine (C=N–C) groups is 1. The fraction of sp³-hybridized carbons (Fsp3) is 0.484. The third-order valence-electron chi connectivity index (χ3n) is 8.39. The molecule has 1 aromatic heterocycles. The number of likely N-dealkylation sites (tertiary alicyclic amines) is 1. The van der Waals surface area contributed by atoms with Gasteiger partial charge in [-0.1, -0.05) is 24.3 Å². The fourth-order valence-corrected chi connectivity index (χ4v) is 6.22. The van der Waals surface area contributed by atoms with Crippen LogP contribution >= 0.6 is 0 Å². The number of hydrogen-bond acceptors (Lipinski definition) is 5. The second kappa shape index (κ2) is 10.5. The summed E-state index contributed by atoms with van der Waals surface area (Å²) < 4.78 is 16.2. The molecular weight excluding hydrogens is 477 g/mol. The molecule has 6 rings (SSSR count). The van der Waals surface area contributed by atoms with Crippen LogP contribution in [0.25, 0.3) is 5.82 Å². The highest BCUT2D eigenvalue weighted by molar-refractivity contribution is 6.12. The predicted octanol–water partition coefficient (Wildman–Crippen LogP) is 5.46. The van der Waals surface area contributed by atoms with Crippen molar-refractivity contribution < 1.29 is 9.50 Å². The number of nitrogens with one attached hydrogen (secondary N) is 1. The Morgan fingerprint density at radius 2 is 1.89 bits per heavy atom. The first-order valence-corrected chi connectivity index (χ1v) is 14.1. The molecule has 6 nitrogen and oxygen atoms in total. The highest BCUT2D eigenvalue weighted by Crippen LogP contribution is 2.31. The number of halogens is 1. The zero-order valence-electron chi connectivity index (χ0n) is 22.5. The lowest BCUT2D eigenvalue weighted by atomic mass is 9.93. The number of para-hydroxylation sites is 1. The van der Waals surface area contributed by atoms with Gasteiger partial charge in [0, 0.05) is 37.3 Å². The third-order valence-corrected chi connectivity index (χ3v) is 8.39. The van der Waals surface area contributed by atoms with Gasteiger partial charge in [-0.3, -0.25) is 0 Å². The molecule has 7 heteroatoms. The van der Waals surface area contributed by atoms with E-state index in [0.717, 1.165) is 91.4 Å². The second-order valence-corrected chi connectivity index (χ2v) is 11.3. The number of aliphatic hydroxyl groups excluding tert-OH is 1. The van der Waals surface area contributed by atoms with Crippen molar-refractivity contribution >= 4 is 17.2 Å². The minimum absolute atomic E-state index is 0.207. The number of aryl methyl sites for hydroxylation is 1. The lowest BCUT2D eigenvalue weighted by Crippen LogP contribution is -2.35. The van der Waals surface area contributed by atoms with Gasteiger partial charge in [-0.05, 0) is 87.6 Å². The molecule has 4 aliphatic rings. The van der Waals surface area contributed by atoms with Crippen LogP contribution in [-0.4, -0.2) is 56.9 Å². The van der Waals surface area contributed by atoms with E-state index in [1.165, 1.54) is 11.1 Å². The van der Waals surface area contributed by atoms with E-state index in [9.17, 15) is 9.50 Å². The van der Waals surface area contributed by atoms with E-state index < -0.39 is 6.17 Å². The highest BCUT2D eigenvalue weighted by atomic mass is 19.1. The Hall–Kier alpha value is -3.19. The number of rotatable bonds is 4. The Morgan fingerprint density at radius 1 is 1.08 bits per heavy atom. The summed E-state index contributed by atoms with van der Waals surface area (Å²) in [4.78, 5) is 7.30. The number of allylic oxidation sites excluding steroid dienone is 4. The predicted molar refractivity (Wildman–Crippen MR) is 150 cm³/mol. The van der Waals surface area contributed by atoms with E-state index in [1.807, 2.05) is 10.7 Å². The smallest absolute Gasteiger partial charge is 0.130 e. The van der Waals surface area contributed by atoms with Crippen molar-refractivity contribution in [1.29, 1.82) is 0 Å². The Labute approximate surface area is 224 Å². The number of aliphatic hydroxyl groups is 1. The van der Waals surface area contributed by atoms with Gasteiger partial charge < -0.3 is 15.3 Å². The number of alkyl halides is 1. The zero-order valence-corrected chi connectivity index (χ0v) is 22.5. The minimum atomic E-state index is -0.776. The maximum atomic E-state index is 14.2. The van der Waals surface area contributed by atoms with Gasteiger partial charge in [0.15, 0.2) is 0 Å². The van der Waals surface area contributed by atoms with Gasteiger partial charge in [0.1, 0.15) is 17.7 Å². The van der Waals surface area contributed by atoms with Crippen molar-refractivity contribution in [2.75, 3.05) is 13.1 Å². The molecule has 1 aromatic carbocycles. The number of nitrogens with zero attached hydrogens (tertiary/aromatic N) is 4.